The molecule has 3 N–H and O–H groups in total. The predicted molar refractivity (Wildman–Crippen MR) is 44.2 cm³/mol. The molecule has 6 atom stereocenters. The second-order valence-electron chi connectivity index (χ2n) is 4.48. The van der Waals surface area contributed by atoms with Crippen LogP contribution in [0.1, 0.15) is 6.42 Å². The van der Waals surface area contributed by atoms with Crippen molar-refractivity contribution in [2.75, 3.05) is 0 Å². The third-order valence-electron chi connectivity index (χ3n) is 4.02. The first kappa shape index (κ1) is 8.23. The van der Waals surface area contributed by atoms with Crippen molar-refractivity contribution in [3.8, 4) is 0 Å². The van der Waals surface area contributed by atoms with Gasteiger partial charge in [-0.1, -0.05) is 0 Å². The number of carboxylic acid groups (broad SMARTS) is 1. The van der Waals surface area contributed by atoms with E-state index in [1.165, 1.54) is 0 Å². The number of amides is 1. The van der Waals surface area contributed by atoms with E-state index in [0.717, 1.165) is 0 Å². The number of carbonyl (C=O) groups excluding carboxylic acids is 1. The lowest BCUT2D eigenvalue weighted by Crippen LogP contribution is -2.42. The number of nitrogens with one attached hydrogen (secondary N) is 1. The van der Waals surface area contributed by atoms with E-state index in [0.29, 0.717) is 6.42 Å². The van der Waals surface area contributed by atoms with Crippen LogP contribution in [0.15, 0.2) is 0 Å². The molecule has 2 bridgehead atoms. The van der Waals surface area contributed by atoms with E-state index in [2.05, 4.69) is 5.32 Å². The van der Waals surface area contributed by atoms with Crippen molar-refractivity contribution in [3.05, 3.63) is 0 Å². The van der Waals surface area contributed by atoms with Crippen molar-refractivity contribution < 1.29 is 19.8 Å². The Bertz CT molecular complexity index is 329. The summed E-state index contributed by atoms with van der Waals surface area (Å²) < 4.78 is 0. The highest BCUT2D eigenvalue weighted by atomic mass is 16.4. The van der Waals surface area contributed by atoms with Crippen molar-refractivity contribution in [1.82, 2.24) is 5.32 Å². The van der Waals surface area contributed by atoms with Crippen LogP contribution in [0.5, 0.6) is 0 Å². The number of rotatable bonds is 1. The summed E-state index contributed by atoms with van der Waals surface area (Å²) in [7, 11) is 0. The molecule has 1 aliphatic heterocycles. The van der Waals surface area contributed by atoms with Crippen molar-refractivity contribution >= 4 is 11.9 Å². The number of hydrogen-bond donors (Lipinski definition) is 3. The van der Waals surface area contributed by atoms with Gasteiger partial charge in [-0.15, -0.1) is 0 Å². The smallest absolute Gasteiger partial charge is 0.307 e. The molecule has 3 aliphatic rings. The SMILES string of the molecule is O=C(O)[C@@H]1[C@H]2C[C@H]3[C@H](NC(=O)[C@@H]31)[C@H]2O. The number of carboxylic acids is 1. The summed E-state index contributed by atoms with van der Waals surface area (Å²) in [6.07, 6.45) is 0.00968. The zero-order valence-electron chi connectivity index (χ0n) is 7.38. The normalized spacial score (nSPS) is 53.6. The van der Waals surface area contributed by atoms with Gasteiger partial charge in [-0.05, 0) is 12.3 Å². The van der Waals surface area contributed by atoms with Gasteiger partial charge >= 0.3 is 5.97 Å². The first-order chi connectivity index (χ1) is 6.61. The van der Waals surface area contributed by atoms with E-state index in [9.17, 15) is 14.7 Å². The van der Waals surface area contributed by atoms with Gasteiger partial charge < -0.3 is 15.5 Å². The third kappa shape index (κ3) is 0.706. The number of fused-ring (bicyclic) bond motifs is 1. The maximum Gasteiger partial charge on any atom is 0.307 e. The van der Waals surface area contributed by atoms with Crippen LogP contribution in [0.2, 0.25) is 0 Å². The Morgan fingerprint density at radius 3 is 2.79 bits per heavy atom. The van der Waals surface area contributed by atoms with Crippen LogP contribution in [0.3, 0.4) is 0 Å². The van der Waals surface area contributed by atoms with E-state index in [1.807, 2.05) is 0 Å². The molecule has 76 valence electrons. The Morgan fingerprint density at radius 2 is 2.14 bits per heavy atom. The standard InChI is InChI=1S/C9H11NO4/c11-7-3-1-2-4(5(3)9(13)14)8(12)10-6(2)7/h2-7,11H,1H2,(H,10,12)(H,13,14)/t2-,3-,4+,5-,6+,7+/m1/s1. The zero-order chi connectivity index (χ0) is 10.0. The number of aliphatic carboxylic acids is 1. The highest BCUT2D eigenvalue weighted by Gasteiger charge is 2.66. The predicted octanol–water partition coefficient (Wildman–Crippen LogP) is -1.19. The van der Waals surface area contributed by atoms with Crippen molar-refractivity contribution in [2.24, 2.45) is 23.7 Å². The van der Waals surface area contributed by atoms with Crippen LogP contribution in [0, 0.1) is 23.7 Å². The first-order valence-corrected chi connectivity index (χ1v) is 4.82. The Hall–Kier alpha value is -1.10. The minimum atomic E-state index is -0.947. The molecule has 1 amide bonds. The van der Waals surface area contributed by atoms with Gasteiger partial charge in [0.15, 0.2) is 0 Å². The molecule has 0 unspecified atom stereocenters. The highest BCUT2D eigenvalue weighted by molar-refractivity contribution is 5.89. The molecule has 3 fully saturated rings. The highest BCUT2D eigenvalue weighted by Crippen LogP contribution is 2.55. The molecule has 2 saturated carbocycles. The van der Waals surface area contributed by atoms with E-state index >= 15 is 0 Å². The maximum absolute atomic E-state index is 11.5. The molecule has 0 aromatic rings. The summed E-state index contributed by atoms with van der Waals surface area (Å²) in [6, 6.07) is -0.187. The molecular formula is C9H11NO4. The number of aliphatic hydroxyl groups excluding tert-OH is 1. The van der Waals surface area contributed by atoms with Crippen LogP contribution >= 0.6 is 0 Å². The summed E-state index contributed by atoms with van der Waals surface area (Å²) in [5.74, 6) is -2.39. The Balaban J connectivity index is 2.04. The molecule has 1 saturated heterocycles. The molecule has 0 radical (unpaired) electrons. The molecule has 5 heteroatoms. The molecule has 14 heavy (non-hydrogen) atoms. The first-order valence-electron chi connectivity index (χ1n) is 4.82. The van der Waals surface area contributed by atoms with Crippen LogP contribution in [-0.4, -0.2) is 34.2 Å². The fraction of sp³-hybridized carbons (Fsp3) is 0.778. The largest absolute Gasteiger partial charge is 0.481 e. The Morgan fingerprint density at radius 1 is 1.43 bits per heavy atom. The Kier molecular flexibility index (Phi) is 1.34. The number of aliphatic hydroxyl groups is 1. The maximum atomic E-state index is 11.5. The summed E-state index contributed by atoms with van der Waals surface area (Å²) in [6.45, 7) is 0. The number of carbonyl (C=O) groups is 2. The molecule has 0 spiro atoms. The van der Waals surface area contributed by atoms with Gasteiger partial charge in [0.2, 0.25) is 5.91 Å². The molecule has 0 aromatic carbocycles. The van der Waals surface area contributed by atoms with Gasteiger partial charge in [-0.2, -0.15) is 0 Å². The summed E-state index contributed by atoms with van der Waals surface area (Å²) in [5.41, 5.74) is 0. The summed E-state index contributed by atoms with van der Waals surface area (Å²) >= 11 is 0. The molecule has 0 aromatic heterocycles. The lowest BCUT2D eigenvalue weighted by molar-refractivity contribution is -0.149. The van der Waals surface area contributed by atoms with Gasteiger partial charge in [0, 0.05) is 5.92 Å². The minimum absolute atomic E-state index is 0.0450. The molecule has 5 nitrogen and oxygen atoms in total. The molecule has 1 heterocycles. The average Bonchev–Trinajstić information content (AvgIpc) is 2.67. The lowest BCUT2D eigenvalue weighted by Gasteiger charge is -2.26. The fourth-order valence-electron chi connectivity index (χ4n) is 3.53. The summed E-state index contributed by atoms with van der Waals surface area (Å²) in [5, 5.41) is 21.5. The number of hydrogen-bond acceptors (Lipinski definition) is 3. The van der Waals surface area contributed by atoms with Crippen LogP contribution in [0.25, 0.3) is 0 Å². The van der Waals surface area contributed by atoms with Gasteiger partial charge in [-0.3, -0.25) is 9.59 Å². The second-order valence-corrected chi connectivity index (χ2v) is 4.48. The second kappa shape index (κ2) is 2.28. The molecular weight excluding hydrogens is 186 g/mol. The zero-order valence-corrected chi connectivity index (χ0v) is 7.38. The van der Waals surface area contributed by atoms with Crippen LogP contribution in [0.4, 0.5) is 0 Å². The van der Waals surface area contributed by atoms with Gasteiger partial charge in [0.1, 0.15) is 0 Å². The van der Waals surface area contributed by atoms with Crippen LogP contribution < -0.4 is 5.32 Å². The van der Waals surface area contributed by atoms with E-state index in [1.54, 1.807) is 0 Å². The van der Waals surface area contributed by atoms with Gasteiger partial charge in [0.05, 0.1) is 24.0 Å². The van der Waals surface area contributed by atoms with Crippen molar-refractivity contribution in [3.63, 3.8) is 0 Å². The average molecular weight is 197 g/mol. The fourth-order valence-corrected chi connectivity index (χ4v) is 3.53. The summed E-state index contributed by atoms with van der Waals surface area (Å²) in [4.78, 5) is 22.4. The van der Waals surface area contributed by atoms with E-state index in [-0.39, 0.29) is 23.8 Å². The quantitative estimate of drug-likeness (QED) is 0.493. The van der Waals surface area contributed by atoms with Crippen molar-refractivity contribution in [1.29, 1.82) is 0 Å². The van der Waals surface area contributed by atoms with Gasteiger partial charge in [-0.25, -0.2) is 0 Å². The molecule has 3 rings (SSSR count). The van der Waals surface area contributed by atoms with Gasteiger partial charge in [0.25, 0.3) is 0 Å². The lowest BCUT2D eigenvalue weighted by atomic mass is 9.78. The monoisotopic (exact) mass is 197 g/mol. The van der Waals surface area contributed by atoms with E-state index < -0.39 is 23.9 Å². The van der Waals surface area contributed by atoms with E-state index in [4.69, 9.17) is 5.11 Å². The molecule has 2 aliphatic carbocycles. The Labute approximate surface area is 80.1 Å². The van der Waals surface area contributed by atoms with Crippen LogP contribution in [-0.2, 0) is 9.59 Å². The topological polar surface area (TPSA) is 86.6 Å². The van der Waals surface area contributed by atoms with Crippen molar-refractivity contribution in [2.45, 2.75) is 18.6 Å². The third-order valence-corrected chi connectivity index (χ3v) is 4.02. The minimum Gasteiger partial charge on any atom is -0.481 e.